The molecule has 0 fully saturated rings. The van der Waals surface area contributed by atoms with Crippen molar-refractivity contribution >= 4 is 13.3 Å². The van der Waals surface area contributed by atoms with Crippen LogP contribution in [0.4, 0.5) is 4.79 Å². The van der Waals surface area contributed by atoms with E-state index in [1.54, 1.807) is 20.8 Å². The van der Waals surface area contributed by atoms with Gasteiger partial charge >= 0.3 is 13.3 Å². The summed E-state index contributed by atoms with van der Waals surface area (Å²) in [6, 6.07) is 0. The van der Waals surface area contributed by atoms with Crippen molar-refractivity contribution in [2.45, 2.75) is 26.9 Å². The molecule has 0 bridgehead atoms. The van der Waals surface area contributed by atoms with Gasteiger partial charge in [0.2, 0.25) is 0 Å². The molecule has 0 radical (unpaired) electrons. The van der Waals surface area contributed by atoms with Crippen molar-refractivity contribution in [2.75, 3.05) is 13.2 Å². The van der Waals surface area contributed by atoms with E-state index < -0.39 is 19.4 Å². The Balaban J connectivity index is 4.55. The van der Waals surface area contributed by atoms with Crippen LogP contribution >= 0.6 is 7.60 Å². The van der Waals surface area contributed by atoms with Gasteiger partial charge in [-0.25, -0.2) is 9.36 Å². The number of hydrogen-bond donors (Lipinski definition) is 0. The first-order valence-electron chi connectivity index (χ1n) is 4.73. The first-order chi connectivity index (χ1) is 7.00. The topological polar surface area (TPSA) is 61.8 Å². The number of carbonyl (C=O) groups excluding carboxylic acids is 1. The first-order valence-corrected chi connectivity index (χ1v) is 6.27. The minimum absolute atomic E-state index is 0.120. The average molecular weight is 236 g/mol. The monoisotopic (exact) mass is 236 g/mol. The highest BCUT2D eigenvalue weighted by molar-refractivity contribution is 7.71. The Morgan fingerprint density at radius 3 is 2.20 bits per heavy atom. The highest BCUT2D eigenvalue weighted by atomic mass is 31.2. The lowest BCUT2D eigenvalue weighted by Crippen LogP contribution is -2.14. The molecule has 0 aromatic rings. The van der Waals surface area contributed by atoms with Gasteiger partial charge in [-0.05, 0) is 20.8 Å². The van der Waals surface area contributed by atoms with Crippen LogP contribution in [0.25, 0.3) is 0 Å². The molecule has 0 N–H and O–H groups in total. The molecule has 0 aliphatic carbocycles. The molecule has 0 aromatic heterocycles. The minimum Gasteiger partial charge on any atom is -0.449 e. The molecule has 0 saturated heterocycles. The number of hydrogen-bond acceptors (Lipinski definition) is 5. The van der Waals surface area contributed by atoms with Crippen LogP contribution < -0.4 is 0 Å². The Labute approximate surface area is 89.9 Å². The van der Waals surface area contributed by atoms with Crippen LogP contribution in [-0.2, 0) is 18.3 Å². The summed E-state index contributed by atoms with van der Waals surface area (Å²) >= 11 is 0. The summed E-state index contributed by atoms with van der Waals surface area (Å²) in [4.78, 5) is 11.4. The summed E-state index contributed by atoms with van der Waals surface area (Å²) < 4.78 is 26.2. The zero-order valence-electron chi connectivity index (χ0n) is 9.26. The Morgan fingerprint density at radius 2 is 1.87 bits per heavy atom. The summed E-state index contributed by atoms with van der Waals surface area (Å²) in [5, 5.41) is 0. The van der Waals surface area contributed by atoms with Gasteiger partial charge in [-0.2, -0.15) is 0 Å². The van der Waals surface area contributed by atoms with Crippen molar-refractivity contribution in [3.63, 3.8) is 0 Å². The maximum Gasteiger partial charge on any atom is 0.438 e. The number of rotatable bonds is 7. The zero-order chi connectivity index (χ0) is 11.9. The van der Waals surface area contributed by atoms with Gasteiger partial charge < -0.3 is 13.8 Å². The van der Waals surface area contributed by atoms with E-state index in [2.05, 4.69) is 6.58 Å². The second-order valence-corrected chi connectivity index (χ2v) is 4.53. The molecule has 6 heteroatoms. The van der Waals surface area contributed by atoms with Crippen molar-refractivity contribution in [1.82, 2.24) is 0 Å². The van der Waals surface area contributed by atoms with Crippen LogP contribution in [-0.4, -0.2) is 25.0 Å². The molecule has 15 heavy (non-hydrogen) atoms. The highest BCUT2D eigenvalue weighted by Crippen LogP contribution is 2.50. The standard InChI is InChI=1S/C9H17O5P/c1-5-8(4)14-9(10)15(11,12-6-2)13-7-3/h5,8H,1,6-7H2,2-4H3. The van der Waals surface area contributed by atoms with E-state index in [0.29, 0.717) is 0 Å². The third-order valence-corrected chi connectivity index (χ3v) is 3.19. The molecule has 88 valence electrons. The second-order valence-electron chi connectivity index (χ2n) is 2.66. The predicted octanol–water partition coefficient (Wildman–Crippen LogP) is 2.96. The van der Waals surface area contributed by atoms with Crippen molar-refractivity contribution in [1.29, 1.82) is 0 Å². The molecular weight excluding hydrogens is 219 g/mol. The van der Waals surface area contributed by atoms with Gasteiger partial charge in [-0.15, -0.1) is 0 Å². The van der Waals surface area contributed by atoms with E-state index in [0.717, 1.165) is 0 Å². The minimum atomic E-state index is -3.79. The Kier molecular flexibility index (Phi) is 6.48. The molecule has 5 nitrogen and oxygen atoms in total. The van der Waals surface area contributed by atoms with Gasteiger partial charge in [0.25, 0.3) is 0 Å². The predicted molar refractivity (Wildman–Crippen MR) is 57.0 cm³/mol. The fourth-order valence-electron chi connectivity index (χ4n) is 0.754. The molecule has 0 heterocycles. The third-order valence-electron chi connectivity index (χ3n) is 1.44. The van der Waals surface area contributed by atoms with E-state index in [-0.39, 0.29) is 13.2 Å². The highest BCUT2D eigenvalue weighted by Gasteiger charge is 2.37. The Morgan fingerprint density at radius 1 is 1.40 bits per heavy atom. The summed E-state index contributed by atoms with van der Waals surface area (Å²) in [5.74, 6) is 0. The maximum atomic E-state index is 11.8. The van der Waals surface area contributed by atoms with Crippen molar-refractivity contribution in [3.8, 4) is 0 Å². The Hall–Kier alpha value is -0.640. The molecule has 0 aliphatic heterocycles. The first kappa shape index (κ1) is 14.4. The fourth-order valence-corrected chi connectivity index (χ4v) is 2.01. The van der Waals surface area contributed by atoms with Crippen molar-refractivity contribution in [2.24, 2.45) is 0 Å². The Bertz CT molecular complexity index is 253. The van der Waals surface area contributed by atoms with Crippen molar-refractivity contribution < 1.29 is 23.1 Å². The lowest BCUT2D eigenvalue weighted by molar-refractivity contribution is 0.133. The van der Waals surface area contributed by atoms with Gasteiger partial charge in [0.1, 0.15) is 6.10 Å². The molecule has 1 unspecified atom stereocenters. The normalized spacial score (nSPS) is 13.3. The summed E-state index contributed by atoms with van der Waals surface area (Å²) in [6.07, 6.45) is 0.895. The van der Waals surface area contributed by atoms with Crippen LogP contribution in [0.1, 0.15) is 20.8 Å². The van der Waals surface area contributed by atoms with E-state index >= 15 is 0 Å². The summed E-state index contributed by atoms with van der Waals surface area (Å²) in [5.41, 5.74) is -0.974. The SMILES string of the molecule is C=CC(C)OC(=O)P(=O)(OCC)OCC. The van der Waals surface area contributed by atoms with Gasteiger partial charge in [-0.3, -0.25) is 0 Å². The maximum absolute atomic E-state index is 11.8. The fraction of sp³-hybridized carbons (Fsp3) is 0.667. The van der Waals surface area contributed by atoms with Gasteiger partial charge in [0, 0.05) is 0 Å². The smallest absolute Gasteiger partial charge is 0.438 e. The van der Waals surface area contributed by atoms with Crippen LogP contribution in [0.15, 0.2) is 12.7 Å². The molecule has 0 aromatic carbocycles. The molecule has 1 atom stereocenters. The number of ether oxygens (including phenoxy) is 1. The van der Waals surface area contributed by atoms with Gasteiger partial charge in [0.05, 0.1) is 13.2 Å². The van der Waals surface area contributed by atoms with Crippen molar-refractivity contribution in [3.05, 3.63) is 12.7 Å². The second kappa shape index (κ2) is 6.77. The lowest BCUT2D eigenvalue weighted by atomic mass is 10.4. The molecular formula is C9H17O5P. The third kappa shape index (κ3) is 4.60. The van der Waals surface area contributed by atoms with E-state index in [4.69, 9.17) is 13.8 Å². The van der Waals surface area contributed by atoms with Crippen LogP contribution in [0.2, 0.25) is 0 Å². The molecule has 0 aliphatic rings. The van der Waals surface area contributed by atoms with E-state index in [9.17, 15) is 9.36 Å². The molecule has 0 amide bonds. The average Bonchev–Trinajstić information content (AvgIpc) is 2.18. The summed E-state index contributed by atoms with van der Waals surface area (Å²) in [7, 11) is -3.79. The lowest BCUT2D eigenvalue weighted by Gasteiger charge is -2.16. The quantitative estimate of drug-likeness (QED) is 0.502. The zero-order valence-corrected chi connectivity index (χ0v) is 10.2. The van der Waals surface area contributed by atoms with Crippen LogP contribution in [0, 0.1) is 0 Å². The molecule has 0 saturated carbocycles. The van der Waals surface area contributed by atoms with Gasteiger partial charge in [0.15, 0.2) is 0 Å². The van der Waals surface area contributed by atoms with Crippen LogP contribution in [0.5, 0.6) is 0 Å². The largest absolute Gasteiger partial charge is 0.449 e. The van der Waals surface area contributed by atoms with E-state index in [1.807, 2.05) is 0 Å². The summed E-state index contributed by atoms with van der Waals surface area (Å²) in [6.45, 7) is 8.53. The van der Waals surface area contributed by atoms with Crippen LogP contribution in [0.3, 0.4) is 0 Å². The van der Waals surface area contributed by atoms with E-state index in [1.165, 1.54) is 6.08 Å². The number of carbonyl (C=O) groups is 1. The molecule has 0 rings (SSSR count). The van der Waals surface area contributed by atoms with Gasteiger partial charge in [-0.1, -0.05) is 12.7 Å². The molecule has 0 spiro atoms.